The zero-order valence-electron chi connectivity index (χ0n) is 12.5. The molecule has 128 valence electrons. The monoisotopic (exact) mass is 348 g/mol. The van der Waals surface area contributed by atoms with Gasteiger partial charge in [0.1, 0.15) is 17.0 Å². The van der Waals surface area contributed by atoms with Crippen LogP contribution in [-0.4, -0.2) is 20.8 Å². The zero-order valence-corrected chi connectivity index (χ0v) is 12.5. The van der Waals surface area contributed by atoms with Crippen LogP contribution in [0.4, 0.5) is 24.7 Å². The minimum atomic E-state index is -4.50. The number of pyridine rings is 1. The van der Waals surface area contributed by atoms with Gasteiger partial charge in [-0.2, -0.15) is 13.2 Å². The van der Waals surface area contributed by atoms with Gasteiger partial charge < -0.3 is 10.5 Å². The SMILES string of the molecule is O=c1c(C=NO)c(Nc2cccc(C(F)(F)F)c2)nc2ccccn12. The van der Waals surface area contributed by atoms with E-state index in [2.05, 4.69) is 15.5 Å². The number of anilines is 2. The highest BCUT2D eigenvalue weighted by molar-refractivity contribution is 5.87. The minimum absolute atomic E-state index is 0.0201. The van der Waals surface area contributed by atoms with Crippen molar-refractivity contribution in [1.29, 1.82) is 0 Å². The molecule has 3 aromatic rings. The Labute approximate surface area is 138 Å². The van der Waals surface area contributed by atoms with Crippen LogP contribution in [0.5, 0.6) is 0 Å². The molecule has 0 spiro atoms. The average Bonchev–Trinajstić information content (AvgIpc) is 2.58. The van der Waals surface area contributed by atoms with Crippen LogP contribution in [0.15, 0.2) is 58.6 Å². The van der Waals surface area contributed by atoms with Gasteiger partial charge in [-0.25, -0.2) is 4.98 Å². The first kappa shape index (κ1) is 16.5. The largest absolute Gasteiger partial charge is 0.416 e. The molecule has 2 heterocycles. The van der Waals surface area contributed by atoms with E-state index >= 15 is 0 Å². The van der Waals surface area contributed by atoms with E-state index in [1.54, 1.807) is 18.2 Å². The summed E-state index contributed by atoms with van der Waals surface area (Å²) in [5, 5.41) is 14.3. The molecule has 0 amide bonds. The van der Waals surface area contributed by atoms with Crippen LogP contribution in [0.1, 0.15) is 11.1 Å². The lowest BCUT2D eigenvalue weighted by molar-refractivity contribution is -0.137. The van der Waals surface area contributed by atoms with Crippen molar-refractivity contribution in [1.82, 2.24) is 9.38 Å². The van der Waals surface area contributed by atoms with E-state index in [-0.39, 0.29) is 22.7 Å². The molecule has 0 radical (unpaired) electrons. The summed E-state index contributed by atoms with van der Waals surface area (Å²) >= 11 is 0. The number of hydrogen-bond donors (Lipinski definition) is 2. The lowest BCUT2D eigenvalue weighted by atomic mass is 10.2. The molecule has 2 N–H and O–H groups in total. The summed E-state index contributed by atoms with van der Waals surface area (Å²) in [7, 11) is 0. The summed E-state index contributed by atoms with van der Waals surface area (Å²) in [6.45, 7) is 0. The van der Waals surface area contributed by atoms with Crippen molar-refractivity contribution in [3.63, 3.8) is 0 Å². The Balaban J connectivity index is 2.13. The minimum Gasteiger partial charge on any atom is -0.411 e. The Morgan fingerprint density at radius 2 is 2.00 bits per heavy atom. The Morgan fingerprint density at radius 1 is 1.20 bits per heavy atom. The molecular formula is C16H11F3N4O2. The molecule has 0 saturated carbocycles. The predicted molar refractivity (Wildman–Crippen MR) is 85.6 cm³/mol. The van der Waals surface area contributed by atoms with Gasteiger partial charge >= 0.3 is 6.18 Å². The van der Waals surface area contributed by atoms with Gasteiger partial charge in [-0.15, -0.1) is 0 Å². The first-order valence-corrected chi connectivity index (χ1v) is 7.03. The third-order valence-corrected chi connectivity index (χ3v) is 3.41. The molecule has 0 atom stereocenters. The van der Waals surface area contributed by atoms with Crippen molar-refractivity contribution >= 4 is 23.4 Å². The maximum atomic E-state index is 12.8. The third kappa shape index (κ3) is 3.30. The van der Waals surface area contributed by atoms with Crippen molar-refractivity contribution in [3.05, 3.63) is 70.1 Å². The molecule has 25 heavy (non-hydrogen) atoms. The van der Waals surface area contributed by atoms with Gasteiger partial charge in [0, 0.05) is 11.9 Å². The van der Waals surface area contributed by atoms with Gasteiger partial charge in [0.25, 0.3) is 5.56 Å². The molecule has 0 bridgehead atoms. The van der Waals surface area contributed by atoms with Crippen LogP contribution in [0.2, 0.25) is 0 Å². The number of halogens is 3. The molecule has 1 aromatic carbocycles. The smallest absolute Gasteiger partial charge is 0.411 e. The van der Waals surface area contributed by atoms with E-state index < -0.39 is 17.3 Å². The van der Waals surface area contributed by atoms with E-state index in [0.717, 1.165) is 18.3 Å². The second-order valence-corrected chi connectivity index (χ2v) is 5.06. The topological polar surface area (TPSA) is 79.0 Å². The van der Waals surface area contributed by atoms with Crippen LogP contribution in [0.25, 0.3) is 5.65 Å². The summed E-state index contributed by atoms with van der Waals surface area (Å²) in [5.74, 6) is -0.0201. The number of nitrogens with zero attached hydrogens (tertiary/aromatic N) is 3. The first-order chi connectivity index (χ1) is 11.9. The second kappa shape index (κ2) is 6.27. The molecule has 0 saturated heterocycles. The van der Waals surface area contributed by atoms with Crippen LogP contribution in [0, 0.1) is 0 Å². The fourth-order valence-electron chi connectivity index (χ4n) is 2.28. The predicted octanol–water partition coefficient (Wildman–Crippen LogP) is 3.27. The standard InChI is InChI=1S/C16H11F3N4O2/c17-16(18,19)10-4-3-5-11(8-10)21-14-12(9-20-25)15(24)23-7-2-1-6-13(23)22-14/h1-9,21,25H. The molecular weight excluding hydrogens is 337 g/mol. The number of hydrogen-bond acceptors (Lipinski definition) is 5. The molecule has 0 aliphatic rings. The van der Waals surface area contributed by atoms with E-state index in [9.17, 15) is 18.0 Å². The fourth-order valence-corrected chi connectivity index (χ4v) is 2.28. The lowest BCUT2D eigenvalue weighted by Crippen LogP contribution is -2.21. The molecule has 9 heteroatoms. The van der Waals surface area contributed by atoms with Crippen molar-refractivity contribution < 1.29 is 18.4 Å². The molecule has 0 unspecified atom stereocenters. The van der Waals surface area contributed by atoms with Crippen LogP contribution in [-0.2, 0) is 6.18 Å². The van der Waals surface area contributed by atoms with E-state index in [1.807, 2.05) is 0 Å². The van der Waals surface area contributed by atoms with E-state index in [4.69, 9.17) is 5.21 Å². The number of benzene rings is 1. The van der Waals surface area contributed by atoms with Gasteiger partial charge in [0.2, 0.25) is 0 Å². The molecule has 0 aliphatic carbocycles. The summed E-state index contributed by atoms with van der Waals surface area (Å²) in [6, 6.07) is 9.32. The average molecular weight is 348 g/mol. The van der Waals surface area contributed by atoms with Crippen LogP contribution < -0.4 is 10.9 Å². The van der Waals surface area contributed by atoms with Gasteiger partial charge in [0.05, 0.1) is 11.8 Å². The fraction of sp³-hybridized carbons (Fsp3) is 0.0625. The quantitative estimate of drug-likeness (QED) is 0.433. The van der Waals surface area contributed by atoms with Gasteiger partial charge in [-0.3, -0.25) is 9.20 Å². The highest BCUT2D eigenvalue weighted by Gasteiger charge is 2.30. The Kier molecular flexibility index (Phi) is 4.14. The maximum absolute atomic E-state index is 12.8. The summed E-state index contributed by atoms with van der Waals surface area (Å²) in [4.78, 5) is 16.7. The van der Waals surface area contributed by atoms with Crippen LogP contribution >= 0.6 is 0 Å². The van der Waals surface area contributed by atoms with Gasteiger partial charge in [0.15, 0.2) is 0 Å². The Hall–Kier alpha value is -3.36. The lowest BCUT2D eigenvalue weighted by Gasteiger charge is -2.12. The van der Waals surface area contributed by atoms with E-state index in [0.29, 0.717) is 0 Å². The van der Waals surface area contributed by atoms with Crippen molar-refractivity contribution in [2.24, 2.45) is 5.16 Å². The number of oxime groups is 1. The number of alkyl halides is 3. The number of nitrogens with one attached hydrogen (secondary N) is 1. The summed E-state index contributed by atoms with van der Waals surface area (Å²) < 4.78 is 39.7. The highest BCUT2D eigenvalue weighted by Crippen LogP contribution is 2.31. The van der Waals surface area contributed by atoms with Crippen molar-refractivity contribution in [2.45, 2.75) is 6.18 Å². The molecule has 6 nitrogen and oxygen atoms in total. The number of aromatic nitrogens is 2. The number of rotatable bonds is 3. The highest BCUT2D eigenvalue weighted by atomic mass is 19.4. The van der Waals surface area contributed by atoms with Crippen molar-refractivity contribution in [3.8, 4) is 0 Å². The van der Waals surface area contributed by atoms with Gasteiger partial charge in [-0.05, 0) is 30.3 Å². The molecule has 3 rings (SSSR count). The van der Waals surface area contributed by atoms with E-state index in [1.165, 1.54) is 22.7 Å². The van der Waals surface area contributed by atoms with Crippen molar-refractivity contribution in [2.75, 3.05) is 5.32 Å². The molecule has 0 aliphatic heterocycles. The summed E-state index contributed by atoms with van der Waals surface area (Å²) in [6.07, 6.45) is -2.14. The van der Waals surface area contributed by atoms with Gasteiger partial charge in [-0.1, -0.05) is 17.3 Å². The molecule has 0 fully saturated rings. The Bertz CT molecular complexity index is 1010. The summed E-state index contributed by atoms with van der Waals surface area (Å²) in [5.41, 5.74) is -1.08. The van der Waals surface area contributed by atoms with Crippen LogP contribution in [0.3, 0.4) is 0 Å². The normalized spacial score (nSPS) is 12.0. The first-order valence-electron chi connectivity index (χ1n) is 7.03. The molecule has 2 aromatic heterocycles. The maximum Gasteiger partial charge on any atom is 0.416 e. The second-order valence-electron chi connectivity index (χ2n) is 5.06. The Morgan fingerprint density at radius 3 is 2.72 bits per heavy atom. The zero-order chi connectivity index (χ0) is 18.0. The number of fused-ring (bicyclic) bond motifs is 1. The third-order valence-electron chi connectivity index (χ3n) is 3.41.